The third-order valence-corrected chi connectivity index (χ3v) is 3.56. The molecule has 94 valence electrons. The molecule has 0 unspecified atom stereocenters. The fourth-order valence-electron chi connectivity index (χ4n) is 1.62. The number of phenolic OH excluding ortho intramolecular Hbond substituents is 1. The first kappa shape index (κ1) is 12.8. The van der Waals surface area contributed by atoms with E-state index >= 15 is 0 Å². The Morgan fingerprint density at radius 3 is 2.50 bits per heavy atom. The summed E-state index contributed by atoms with van der Waals surface area (Å²) in [5.74, 6) is 2.11. The zero-order chi connectivity index (χ0) is 12.8. The summed E-state index contributed by atoms with van der Waals surface area (Å²) >= 11 is 1.73. The van der Waals surface area contributed by atoms with Crippen LogP contribution >= 0.6 is 11.8 Å². The maximum absolute atomic E-state index is 9.23. The first-order valence-electron chi connectivity index (χ1n) is 5.92. The number of thioether (sulfide) groups is 1. The van der Waals surface area contributed by atoms with Crippen molar-refractivity contribution in [2.75, 3.05) is 6.61 Å². The molecule has 0 saturated carbocycles. The Morgan fingerprint density at radius 1 is 1.06 bits per heavy atom. The highest BCUT2D eigenvalue weighted by Gasteiger charge is 2.03. The molecule has 0 aliphatic heterocycles. The van der Waals surface area contributed by atoms with Gasteiger partial charge in [-0.15, -0.1) is 11.8 Å². The third kappa shape index (κ3) is 3.44. The van der Waals surface area contributed by atoms with Crippen molar-refractivity contribution in [3.63, 3.8) is 0 Å². The van der Waals surface area contributed by atoms with E-state index in [0.29, 0.717) is 12.4 Å². The number of para-hydroxylation sites is 1. The van der Waals surface area contributed by atoms with Crippen molar-refractivity contribution in [1.29, 1.82) is 0 Å². The summed E-state index contributed by atoms with van der Waals surface area (Å²) in [6.07, 6.45) is 0. The minimum atomic E-state index is 0.300. The van der Waals surface area contributed by atoms with Gasteiger partial charge in [-0.25, -0.2) is 0 Å². The smallest absolute Gasteiger partial charge is 0.123 e. The van der Waals surface area contributed by atoms with Gasteiger partial charge in [0, 0.05) is 16.2 Å². The molecule has 0 fully saturated rings. The van der Waals surface area contributed by atoms with Crippen LogP contribution < -0.4 is 4.74 Å². The van der Waals surface area contributed by atoms with Gasteiger partial charge in [0.15, 0.2) is 0 Å². The Morgan fingerprint density at radius 2 is 1.78 bits per heavy atom. The molecule has 2 nitrogen and oxygen atoms in total. The molecule has 0 spiro atoms. The van der Waals surface area contributed by atoms with Crippen molar-refractivity contribution in [2.24, 2.45) is 0 Å². The minimum Gasteiger partial charge on any atom is -0.508 e. The molecule has 0 bridgehead atoms. The summed E-state index contributed by atoms with van der Waals surface area (Å²) in [5, 5.41) is 9.23. The highest BCUT2D eigenvalue weighted by atomic mass is 32.2. The fourth-order valence-corrected chi connectivity index (χ4v) is 2.51. The quantitative estimate of drug-likeness (QED) is 0.821. The van der Waals surface area contributed by atoms with E-state index in [9.17, 15) is 5.11 Å². The molecule has 0 atom stereocenters. The lowest BCUT2D eigenvalue weighted by molar-refractivity contribution is 0.337. The highest BCUT2D eigenvalue weighted by molar-refractivity contribution is 7.98. The van der Waals surface area contributed by atoms with Gasteiger partial charge in [-0.2, -0.15) is 0 Å². The number of rotatable bonds is 5. The van der Waals surface area contributed by atoms with E-state index < -0.39 is 0 Å². The SMILES string of the molecule is CCOc1ccccc1CSc1ccc(O)cc1. The lowest BCUT2D eigenvalue weighted by Crippen LogP contribution is -1.95. The molecular formula is C15H16O2S. The van der Waals surface area contributed by atoms with Gasteiger partial charge in [0.1, 0.15) is 11.5 Å². The Hall–Kier alpha value is -1.61. The zero-order valence-corrected chi connectivity index (χ0v) is 11.1. The van der Waals surface area contributed by atoms with Crippen LogP contribution in [0.4, 0.5) is 0 Å². The standard InChI is InChI=1S/C15H16O2S/c1-2-17-15-6-4-3-5-12(15)11-18-14-9-7-13(16)8-10-14/h3-10,16H,2,11H2,1H3. The Kier molecular flexibility index (Phi) is 4.53. The molecule has 0 aromatic heterocycles. The van der Waals surface area contributed by atoms with Gasteiger partial charge in [-0.1, -0.05) is 18.2 Å². The van der Waals surface area contributed by atoms with Crippen molar-refractivity contribution < 1.29 is 9.84 Å². The van der Waals surface area contributed by atoms with Crippen molar-refractivity contribution >= 4 is 11.8 Å². The van der Waals surface area contributed by atoms with Crippen LogP contribution in [-0.2, 0) is 5.75 Å². The highest BCUT2D eigenvalue weighted by Crippen LogP contribution is 2.28. The number of ether oxygens (including phenoxy) is 1. The van der Waals surface area contributed by atoms with E-state index in [1.165, 1.54) is 5.56 Å². The topological polar surface area (TPSA) is 29.5 Å². The monoisotopic (exact) mass is 260 g/mol. The average molecular weight is 260 g/mol. The van der Waals surface area contributed by atoms with Gasteiger partial charge in [0.2, 0.25) is 0 Å². The summed E-state index contributed by atoms with van der Waals surface area (Å²) in [6.45, 7) is 2.67. The molecule has 0 aliphatic rings. The lowest BCUT2D eigenvalue weighted by atomic mass is 10.2. The van der Waals surface area contributed by atoms with E-state index in [-0.39, 0.29) is 0 Å². The number of benzene rings is 2. The molecule has 0 amide bonds. The first-order chi connectivity index (χ1) is 8.79. The van der Waals surface area contributed by atoms with Crippen LogP contribution in [0.1, 0.15) is 12.5 Å². The maximum atomic E-state index is 9.23. The molecular weight excluding hydrogens is 244 g/mol. The lowest BCUT2D eigenvalue weighted by Gasteiger charge is -2.09. The van der Waals surface area contributed by atoms with Gasteiger partial charge in [0.05, 0.1) is 6.61 Å². The molecule has 2 aromatic rings. The third-order valence-electron chi connectivity index (χ3n) is 2.50. The second-order valence-electron chi connectivity index (χ2n) is 3.82. The van der Waals surface area contributed by atoms with Crippen LogP contribution in [-0.4, -0.2) is 11.7 Å². The van der Waals surface area contributed by atoms with Crippen molar-refractivity contribution in [1.82, 2.24) is 0 Å². The summed E-state index contributed by atoms with van der Waals surface area (Å²) in [4.78, 5) is 1.14. The first-order valence-corrected chi connectivity index (χ1v) is 6.90. The Labute approximate surface area is 112 Å². The van der Waals surface area contributed by atoms with E-state index in [4.69, 9.17) is 4.74 Å². The summed E-state index contributed by atoms with van der Waals surface area (Å²) in [5.41, 5.74) is 1.19. The van der Waals surface area contributed by atoms with Gasteiger partial charge in [0.25, 0.3) is 0 Å². The van der Waals surface area contributed by atoms with Crippen LogP contribution in [0.2, 0.25) is 0 Å². The van der Waals surface area contributed by atoms with Gasteiger partial charge < -0.3 is 9.84 Å². The molecule has 2 aromatic carbocycles. The predicted octanol–water partition coefficient (Wildman–Crippen LogP) is 4.08. The fraction of sp³-hybridized carbons (Fsp3) is 0.200. The summed E-state index contributed by atoms with van der Waals surface area (Å²) in [7, 11) is 0. The Balaban J connectivity index is 2.03. The van der Waals surface area contributed by atoms with Crippen LogP contribution in [0.25, 0.3) is 0 Å². The van der Waals surface area contributed by atoms with E-state index in [2.05, 4.69) is 6.07 Å². The maximum Gasteiger partial charge on any atom is 0.123 e. The average Bonchev–Trinajstić information content (AvgIpc) is 2.40. The van der Waals surface area contributed by atoms with Crippen LogP contribution in [0.5, 0.6) is 11.5 Å². The second-order valence-corrected chi connectivity index (χ2v) is 4.87. The molecule has 0 aliphatic carbocycles. The normalized spacial score (nSPS) is 10.3. The van der Waals surface area contributed by atoms with Crippen molar-refractivity contribution in [3.05, 3.63) is 54.1 Å². The zero-order valence-electron chi connectivity index (χ0n) is 10.3. The van der Waals surface area contributed by atoms with E-state index in [1.54, 1.807) is 23.9 Å². The summed E-state index contributed by atoms with van der Waals surface area (Å²) < 4.78 is 5.59. The molecule has 1 N–H and O–H groups in total. The van der Waals surface area contributed by atoms with Crippen molar-refractivity contribution in [3.8, 4) is 11.5 Å². The molecule has 2 rings (SSSR count). The molecule has 0 heterocycles. The predicted molar refractivity (Wildman–Crippen MR) is 75.3 cm³/mol. The molecule has 0 saturated heterocycles. The van der Waals surface area contributed by atoms with Crippen molar-refractivity contribution in [2.45, 2.75) is 17.6 Å². The van der Waals surface area contributed by atoms with Crippen LogP contribution in [0.3, 0.4) is 0 Å². The largest absolute Gasteiger partial charge is 0.508 e. The summed E-state index contributed by atoms with van der Waals surface area (Å²) in [6, 6.07) is 15.3. The number of phenols is 1. The number of aromatic hydroxyl groups is 1. The minimum absolute atomic E-state index is 0.300. The molecule has 0 radical (unpaired) electrons. The van der Waals surface area contributed by atoms with Gasteiger partial charge >= 0.3 is 0 Å². The number of hydrogen-bond acceptors (Lipinski definition) is 3. The second kappa shape index (κ2) is 6.36. The van der Waals surface area contributed by atoms with Crippen LogP contribution in [0.15, 0.2) is 53.4 Å². The molecule has 3 heteroatoms. The molecule has 18 heavy (non-hydrogen) atoms. The number of hydrogen-bond donors (Lipinski definition) is 1. The van der Waals surface area contributed by atoms with Gasteiger partial charge in [-0.3, -0.25) is 0 Å². The van der Waals surface area contributed by atoms with Gasteiger partial charge in [-0.05, 0) is 37.3 Å². The van der Waals surface area contributed by atoms with E-state index in [1.807, 2.05) is 37.3 Å². The Bertz CT molecular complexity index is 494. The van der Waals surface area contributed by atoms with E-state index in [0.717, 1.165) is 16.4 Å². The van der Waals surface area contributed by atoms with Crippen LogP contribution in [0, 0.1) is 0 Å².